The molecule has 0 atom stereocenters. The van der Waals surface area contributed by atoms with Gasteiger partial charge < -0.3 is 15.1 Å². The van der Waals surface area contributed by atoms with Crippen molar-refractivity contribution in [1.29, 1.82) is 0 Å². The van der Waals surface area contributed by atoms with Crippen molar-refractivity contribution < 1.29 is 4.79 Å². The zero-order chi connectivity index (χ0) is 17.6. The van der Waals surface area contributed by atoms with Crippen molar-refractivity contribution >= 4 is 40.6 Å². The van der Waals surface area contributed by atoms with Gasteiger partial charge in [-0.2, -0.15) is 0 Å². The molecular weight excluding hydrogens is 356 g/mol. The number of hydrogen-bond acceptors (Lipinski definition) is 5. The first-order valence-electron chi connectivity index (χ1n) is 8.19. The van der Waals surface area contributed by atoms with Crippen LogP contribution in [-0.4, -0.2) is 54.8 Å². The molecule has 132 valence electrons. The van der Waals surface area contributed by atoms with E-state index in [1.54, 1.807) is 6.20 Å². The lowest BCUT2D eigenvalue weighted by atomic mass is 10.2. The van der Waals surface area contributed by atoms with E-state index in [4.69, 9.17) is 11.6 Å². The van der Waals surface area contributed by atoms with Gasteiger partial charge in [0.05, 0.1) is 27.2 Å². The van der Waals surface area contributed by atoms with E-state index in [1.165, 1.54) is 11.8 Å². The van der Waals surface area contributed by atoms with Gasteiger partial charge in [0.1, 0.15) is 0 Å². The molecule has 1 fully saturated rings. The molecule has 1 aromatic carbocycles. The summed E-state index contributed by atoms with van der Waals surface area (Å²) in [6.07, 6.45) is 1.72. The SMILES string of the molecule is CN1CCN(c2c(Cl)cccc2NC(=O)CSc2ccccn2)CC1. The molecule has 5 nitrogen and oxygen atoms in total. The summed E-state index contributed by atoms with van der Waals surface area (Å²) < 4.78 is 0. The summed E-state index contributed by atoms with van der Waals surface area (Å²) in [4.78, 5) is 21.1. The highest BCUT2D eigenvalue weighted by atomic mass is 35.5. The molecule has 1 saturated heterocycles. The molecule has 7 heteroatoms. The van der Waals surface area contributed by atoms with Gasteiger partial charge in [0.2, 0.25) is 5.91 Å². The number of rotatable bonds is 5. The van der Waals surface area contributed by atoms with Crippen LogP contribution >= 0.6 is 23.4 Å². The predicted molar refractivity (Wildman–Crippen MR) is 105 cm³/mol. The lowest BCUT2D eigenvalue weighted by Gasteiger charge is -2.35. The van der Waals surface area contributed by atoms with Gasteiger partial charge in [-0.15, -0.1) is 0 Å². The maximum Gasteiger partial charge on any atom is 0.234 e. The van der Waals surface area contributed by atoms with E-state index in [-0.39, 0.29) is 5.91 Å². The number of piperazine rings is 1. The molecule has 1 aliphatic rings. The molecule has 0 unspecified atom stereocenters. The molecule has 25 heavy (non-hydrogen) atoms. The Labute approximate surface area is 157 Å². The number of halogens is 1. The number of benzene rings is 1. The molecular formula is C18H21ClN4OS. The molecule has 0 spiro atoms. The largest absolute Gasteiger partial charge is 0.366 e. The zero-order valence-electron chi connectivity index (χ0n) is 14.1. The summed E-state index contributed by atoms with van der Waals surface area (Å²) >= 11 is 7.85. The van der Waals surface area contributed by atoms with Crippen molar-refractivity contribution in [2.24, 2.45) is 0 Å². The second-order valence-corrected chi connectivity index (χ2v) is 7.33. The molecule has 0 saturated carbocycles. The average molecular weight is 377 g/mol. The highest BCUT2D eigenvalue weighted by Crippen LogP contribution is 2.34. The molecule has 2 aromatic rings. The van der Waals surface area contributed by atoms with Gasteiger partial charge >= 0.3 is 0 Å². The first kappa shape index (κ1) is 18.0. The predicted octanol–water partition coefficient (Wildman–Crippen LogP) is 3.22. The number of anilines is 2. The fourth-order valence-corrected chi connectivity index (χ4v) is 3.68. The Balaban J connectivity index is 1.67. The standard InChI is InChI=1S/C18H21ClN4OS/c1-22-9-11-23(12-10-22)18-14(19)5-4-6-15(18)21-16(24)13-25-17-7-2-3-8-20-17/h2-8H,9-13H2,1H3,(H,21,24). The maximum atomic E-state index is 12.4. The molecule has 3 rings (SSSR count). The first-order valence-corrected chi connectivity index (χ1v) is 9.55. The van der Waals surface area contributed by atoms with Gasteiger partial charge in [0, 0.05) is 32.4 Å². The van der Waals surface area contributed by atoms with Crippen LogP contribution in [0.15, 0.2) is 47.6 Å². The number of carbonyl (C=O) groups excluding carboxylic acids is 1. The van der Waals surface area contributed by atoms with Gasteiger partial charge in [0.25, 0.3) is 0 Å². The van der Waals surface area contributed by atoms with Crippen LogP contribution in [0.3, 0.4) is 0 Å². The molecule has 0 aliphatic carbocycles. The molecule has 1 amide bonds. The van der Waals surface area contributed by atoms with Crippen molar-refractivity contribution in [3.8, 4) is 0 Å². The molecule has 1 aliphatic heterocycles. The number of carbonyl (C=O) groups is 1. The van der Waals surface area contributed by atoms with Gasteiger partial charge in [-0.3, -0.25) is 4.79 Å². The first-order chi connectivity index (χ1) is 12.1. The zero-order valence-corrected chi connectivity index (χ0v) is 15.7. The molecule has 0 bridgehead atoms. The van der Waals surface area contributed by atoms with Crippen molar-refractivity contribution in [2.75, 3.05) is 49.2 Å². The molecule has 2 heterocycles. The van der Waals surface area contributed by atoms with Crippen molar-refractivity contribution in [1.82, 2.24) is 9.88 Å². The van der Waals surface area contributed by atoms with E-state index in [2.05, 4.69) is 27.1 Å². The Morgan fingerprint density at radius 1 is 1.20 bits per heavy atom. The average Bonchev–Trinajstić information content (AvgIpc) is 2.62. The highest BCUT2D eigenvalue weighted by Gasteiger charge is 2.20. The van der Waals surface area contributed by atoms with Gasteiger partial charge in [-0.1, -0.05) is 35.5 Å². The van der Waals surface area contributed by atoms with Crippen molar-refractivity contribution in [3.63, 3.8) is 0 Å². The number of hydrogen-bond donors (Lipinski definition) is 1. The van der Waals surface area contributed by atoms with Crippen LogP contribution in [0.4, 0.5) is 11.4 Å². The fourth-order valence-electron chi connectivity index (χ4n) is 2.73. The number of nitrogens with zero attached hydrogens (tertiary/aromatic N) is 3. The van der Waals surface area contributed by atoms with Crippen LogP contribution in [-0.2, 0) is 4.79 Å². The Bertz CT molecular complexity index is 720. The summed E-state index contributed by atoms with van der Waals surface area (Å²) in [6.45, 7) is 3.75. The minimum absolute atomic E-state index is 0.0618. The smallest absolute Gasteiger partial charge is 0.234 e. The lowest BCUT2D eigenvalue weighted by Crippen LogP contribution is -2.44. The third-order valence-electron chi connectivity index (χ3n) is 4.07. The Hall–Kier alpha value is -1.76. The molecule has 1 N–H and O–H groups in total. The highest BCUT2D eigenvalue weighted by molar-refractivity contribution is 7.99. The third kappa shape index (κ3) is 4.87. The fraction of sp³-hybridized carbons (Fsp3) is 0.333. The van der Waals surface area contributed by atoms with E-state index in [9.17, 15) is 4.79 Å². The number of para-hydroxylation sites is 1. The minimum Gasteiger partial charge on any atom is -0.366 e. The quantitative estimate of drug-likeness (QED) is 0.812. The van der Waals surface area contributed by atoms with Crippen molar-refractivity contribution in [3.05, 3.63) is 47.6 Å². The Morgan fingerprint density at radius 2 is 2.00 bits per heavy atom. The number of pyridine rings is 1. The van der Waals surface area contributed by atoms with Crippen LogP contribution in [0.1, 0.15) is 0 Å². The van der Waals surface area contributed by atoms with E-state index in [0.29, 0.717) is 10.8 Å². The number of nitrogens with one attached hydrogen (secondary N) is 1. The topological polar surface area (TPSA) is 48.5 Å². The molecule has 1 aromatic heterocycles. The van der Waals surface area contributed by atoms with Crippen LogP contribution in [0.2, 0.25) is 5.02 Å². The summed E-state index contributed by atoms with van der Waals surface area (Å²) in [5, 5.41) is 4.51. The van der Waals surface area contributed by atoms with E-state index in [0.717, 1.165) is 42.6 Å². The van der Waals surface area contributed by atoms with E-state index < -0.39 is 0 Å². The second kappa shape index (κ2) is 8.56. The Morgan fingerprint density at radius 3 is 2.72 bits per heavy atom. The monoisotopic (exact) mass is 376 g/mol. The van der Waals surface area contributed by atoms with Crippen LogP contribution in [0.5, 0.6) is 0 Å². The minimum atomic E-state index is -0.0618. The van der Waals surface area contributed by atoms with E-state index in [1.807, 2.05) is 36.4 Å². The normalized spacial score (nSPS) is 15.2. The third-order valence-corrected chi connectivity index (χ3v) is 5.32. The number of thioether (sulfide) groups is 1. The number of amides is 1. The number of aromatic nitrogens is 1. The van der Waals surface area contributed by atoms with Gasteiger partial charge in [-0.05, 0) is 31.3 Å². The Kier molecular flexibility index (Phi) is 6.18. The molecule has 0 radical (unpaired) electrons. The lowest BCUT2D eigenvalue weighted by molar-refractivity contribution is -0.113. The maximum absolute atomic E-state index is 12.4. The van der Waals surface area contributed by atoms with Gasteiger partial charge in [-0.25, -0.2) is 4.98 Å². The summed E-state index contributed by atoms with van der Waals surface area (Å²) in [7, 11) is 2.11. The summed E-state index contributed by atoms with van der Waals surface area (Å²) in [5.74, 6) is 0.249. The van der Waals surface area contributed by atoms with Crippen LogP contribution in [0, 0.1) is 0 Å². The summed E-state index contributed by atoms with van der Waals surface area (Å²) in [6, 6.07) is 11.3. The van der Waals surface area contributed by atoms with E-state index >= 15 is 0 Å². The van der Waals surface area contributed by atoms with Crippen LogP contribution < -0.4 is 10.2 Å². The van der Waals surface area contributed by atoms with Crippen molar-refractivity contribution in [2.45, 2.75) is 5.03 Å². The van der Waals surface area contributed by atoms with Gasteiger partial charge in [0.15, 0.2) is 0 Å². The summed E-state index contributed by atoms with van der Waals surface area (Å²) in [5.41, 5.74) is 1.68. The van der Waals surface area contributed by atoms with Crippen LogP contribution in [0.25, 0.3) is 0 Å². The second-order valence-electron chi connectivity index (χ2n) is 5.93. The number of likely N-dealkylation sites (N-methyl/N-ethyl adjacent to an activating group) is 1.